The van der Waals surface area contributed by atoms with Crippen molar-refractivity contribution in [3.8, 4) is 0 Å². The molecule has 0 bridgehead atoms. The maximum atomic E-state index is 11.8. The van der Waals surface area contributed by atoms with E-state index in [9.17, 15) is 9.90 Å². The van der Waals surface area contributed by atoms with Crippen LogP contribution >= 0.6 is 11.6 Å². The largest absolute Gasteiger partial charge is 0.480 e. The van der Waals surface area contributed by atoms with Gasteiger partial charge in [-0.2, -0.15) is 0 Å². The maximum Gasteiger partial charge on any atom is 0.451 e. The third-order valence-electron chi connectivity index (χ3n) is 4.81. The van der Waals surface area contributed by atoms with Crippen LogP contribution in [0.2, 0.25) is 11.3 Å². The number of nitrogens with zero attached hydrogens (tertiary/aromatic N) is 1. The van der Waals surface area contributed by atoms with Crippen molar-refractivity contribution in [3.05, 3.63) is 29.3 Å². The Morgan fingerprint density at radius 2 is 2.00 bits per heavy atom. The summed E-state index contributed by atoms with van der Waals surface area (Å²) in [7, 11) is -1.35. The minimum atomic E-state index is -1.35. The average Bonchev–Trinajstić information content (AvgIpc) is 3.02. The maximum absolute atomic E-state index is 11.8. The van der Waals surface area contributed by atoms with Crippen molar-refractivity contribution in [1.82, 2.24) is 0 Å². The number of nitrogens with two attached hydrogens (primary N) is 1. The number of hydrogen-bond donors (Lipinski definition) is 4. The zero-order valence-electron chi connectivity index (χ0n) is 13.6. The van der Waals surface area contributed by atoms with Gasteiger partial charge in [-0.15, -0.1) is 0 Å². The molecular weight excluding hydrogens is 330 g/mol. The molecular formula is C16H24BClN2O4. The molecule has 132 valence electrons. The number of benzene rings is 1. The molecule has 5 N–H and O–H groups in total. The summed E-state index contributed by atoms with van der Waals surface area (Å²) in [5.41, 5.74) is 5.98. The number of carbonyl (C=O) groups is 1. The van der Waals surface area contributed by atoms with Gasteiger partial charge in [0.15, 0.2) is 0 Å². The summed E-state index contributed by atoms with van der Waals surface area (Å²) < 4.78 is 0. The second-order valence-electron chi connectivity index (χ2n) is 6.48. The molecule has 0 spiro atoms. The van der Waals surface area contributed by atoms with Crippen LogP contribution in [0.4, 0.5) is 5.69 Å². The van der Waals surface area contributed by atoms with E-state index in [0.717, 1.165) is 12.2 Å². The molecule has 0 saturated carbocycles. The number of rotatable bonds is 8. The third kappa shape index (κ3) is 4.63. The molecule has 6 nitrogen and oxygen atoms in total. The highest BCUT2D eigenvalue weighted by molar-refractivity contribution is 6.40. The second kappa shape index (κ2) is 8.20. The first-order valence-electron chi connectivity index (χ1n) is 8.22. The number of halogens is 1. The standard InChI is InChI=1S/C16H24BClN2O4/c18-13-3-5-14(6-4-13)20-10-7-12(11-20)16(19,15(21)22)8-1-2-9-17(23)24/h3-6,12,23-24H,1-2,7-11,19H2,(H,21,22)/t12-,16?/m1/s1. The predicted octanol–water partition coefficient (Wildman–Crippen LogP) is 1.59. The summed E-state index contributed by atoms with van der Waals surface area (Å²) in [5, 5.41) is 28.1. The Bertz CT molecular complexity index is 558. The van der Waals surface area contributed by atoms with Gasteiger partial charge in [0.25, 0.3) is 0 Å². The average molecular weight is 355 g/mol. The number of anilines is 1. The Hall–Kier alpha value is -1.28. The molecule has 1 unspecified atom stereocenters. The van der Waals surface area contributed by atoms with Crippen molar-refractivity contribution >= 4 is 30.4 Å². The monoisotopic (exact) mass is 354 g/mol. The molecule has 1 heterocycles. The molecule has 24 heavy (non-hydrogen) atoms. The molecule has 1 aromatic rings. The first kappa shape index (κ1) is 19.1. The summed E-state index contributed by atoms with van der Waals surface area (Å²) in [6.45, 7) is 1.35. The number of unbranched alkanes of at least 4 members (excludes halogenated alkanes) is 1. The fourth-order valence-corrected chi connectivity index (χ4v) is 3.42. The Kier molecular flexibility index (Phi) is 6.51. The highest BCUT2D eigenvalue weighted by atomic mass is 35.5. The van der Waals surface area contributed by atoms with E-state index in [1.54, 1.807) is 0 Å². The Balaban J connectivity index is 1.98. The van der Waals surface area contributed by atoms with Crippen LogP contribution in [0.5, 0.6) is 0 Å². The van der Waals surface area contributed by atoms with Gasteiger partial charge in [0, 0.05) is 29.7 Å². The number of carboxylic acid groups (broad SMARTS) is 1. The smallest absolute Gasteiger partial charge is 0.451 e. The fraction of sp³-hybridized carbons (Fsp3) is 0.562. The van der Waals surface area contributed by atoms with Crippen molar-refractivity contribution in [3.63, 3.8) is 0 Å². The van der Waals surface area contributed by atoms with E-state index in [0.29, 0.717) is 37.3 Å². The van der Waals surface area contributed by atoms with Crippen molar-refractivity contribution < 1.29 is 19.9 Å². The fourth-order valence-electron chi connectivity index (χ4n) is 3.30. The van der Waals surface area contributed by atoms with Crippen LogP contribution in [0.25, 0.3) is 0 Å². The Morgan fingerprint density at radius 1 is 1.33 bits per heavy atom. The molecule has 0 aliphatic carbocycles. The first-order chi connectivity index (χ1) is 11.3. The van der Waals surface area contributed by atoms with Gasteiger partial charge >= 0.3 is 13.1 Å². The van der Waals surface area contributed by atoms with Crippen LogP contribution in [-0.2, 0) is 4.79 Å². The van der Waals surface area contributed by atoms with Crippen LogP contribution in [0.3, 0.4) is 0 Å². The number of hydrogen-bond acceptors (Lipinski definition) is 5. The van der Waals surface area contributed by atoms with Gasteiger partial charge in [0.2, 0.25) is 0 Å². The van der Waals surface area contributed by atoms with Crippen LogP contribution in [0.1, 0.15) is 25.7 Å². The lowest BCUT2D eigenvalue weighted by atomic mass is 9.77. The lowest BCUT2D eigenvalue weighted by Gasteiger charge is -2.31. The Labute approximate surface area is 147 Å². The van der Waals surface area contributed by atoms with Gasteiger partial charge in [-0.05, 0) is 43.4 Å². The molecule has 8 heteroatoms. The van der Waals surface area contributed by atoms with Crippen molar-refractivity contribution in [2.75, 3.05) is 18.0 Å². The normalized spacial score (nSPS) is 20.0. The van der Waals surface area contributed by atoms with Crippen LogP contribution in [0, 0.1) is 5.92 Å². The van der Waals surface area contributed by atoms with Crippen LogP contribution < -0.4 is 10.6 Å². The highest BCUT2D eigenvalue weighted by Gasteiger charge is 2.44. The predicted molar refractivity (Wildman–Crippen MR) is 95.2 cm³/mol. The minimum Gasteiger partial charge on any atom is -0.480 e. The van der Waals surface area contributed by atoms with Gasteiger partial charge in [-0.3, -0.25) is 4.79 Å². The molecule has 0 radical (unpaired) electrons. The summed E-state index contributed by atoms with van der Waals surface area (Å²) >= 11 is 5.90. The third-order valence-corrected chi connectivity index (χ3v) is 5.06. The highest BCUT2D eigenvalue weighted by Crippen LogP contribution is 2.33. The summed E-state index contributed by atoms with van der Waals surface area (Å²) in [6.07, 6.45) is 2.37. The van der Waals surface area contributed by atoms with E-state index in [1.807, 2.05) is 24.3 Å². The molecule has 0 amide bonds. The quantitative estimate of drug-likeness (QED) is 0.417. The van der Waals surface area contributed by atoms with E-state index >= 15 is 0 Å². The molecule has 1 aliphatic rings. The lowest BCUT2D eigenvalue weighted by molar-refractivity contribution is -0.145. The minimum absolute atomic E-state index is 0.148. The molecule has 2 atom stereocenters. The van der Waals surface area contributed by atoms with Crippen molar-refractivity contribution in [2.24, 2.45) is 11.7 Å². The van der Waals surface area contributed by atoms with Gasteiger partial charge in [0.1, 0.15) is 5.54 Å². The van der Waals surface area contributed by atoms with Gasteiger partial charge in [-0.1, -0.05) is 24.4 Å². The summed E-state index contributed by atoms with van der Waals surface area (Å²) in [5.74, 6) is -1.14. The van der Waals surface area contributed by atoms with E-state index in [-0.39, 0.29) is 12.2 Å². The molecule has 2 rings (SSSR count). The molecule has 1 saturated heterocycles. The van der Waals surface area contributed by atoms with E-state index < -0.39 is 18.6 Å². The number of aliphatic carboxylic acids is 1. The molecule has 0 aromatic heterocycles. The van der Waals surface area contributed by atoms with Crippen LogP contribution in [-0.4, -0.2) is 46.9 Å². The summed E-state index contributed by atoms with van der Waals surface area (Å²) in [4.78, 5) is 13.9. The topological polar surface area (TPSA) is 107 Å². The van der Waals surface area contributed by atoms with Gasteiger partial charge < -0.3 is 25.8 Å². The first-order valence-corrected chi connectivity index (χ1v) is 8.59. The summed E-state index contributed by atoms with van der Waals surface area (Å²) in [6, 6.07) is 7.48. The van der Waals surface area contributed by atoms with E-state index in [2.05, 4.69) is 4.90 Å². The SMILES string of the molecule is NC(CCCCB(O)O)(C(=O)O)[C@@H]1CCN(c2ccc(Cl)cc2)C1. The van der Waals surface area contributed by atoms with Crippen LogP contribution in [0.15, 0.2) is 24.3 Å². The molecule has 1 aliphatic heterocycles. The van der Waals surface area contributed by atoms with E-state index in [4.69, 9.17) is 27.4 Å². The van der Waals surface area contributed by atoms with Gasteiger partial charge in [0.05, 0.1) is 0 Å². The zero-order valence-corrected chi connectivity index (χ0v) is 14.3. The van der Waals surface area contributed by atoms with Crippen molar-refractivity contribution in [2.45, 2.75) is 37.5 Å². The lowest BCUT2D eigenvalue weighted by Crippen LogP contribution is -2.55. The van der Waals surface area contributed by atoms with Crippen molar-refractivity contribution in [1.29, 1.82) is 0 Å². The zero-order chi connectivity index (χ0) is 17.7. The van der Waals surface area contributed by atoms with Gasteiger partial charge in [-0.25, -0.2) is 0 Å². The molecule has 1 aromatic carbocycles. The second-order valence-corrected chi connectivity index (χ2v) is 6.92. The number of carboxylic acids is 1. The molecule has 1 fully saturated rings. The van der Waals surface area contributed by atoms with E-state index in [1.165, 1.54) is 0 Å². The Morgan fingerprint density at radius 3 is 2.58 bits per heavy atom.